The minimum atomic E-state index is -0.496. The van der Waals surface area contributed by atoms with Gasteiger partial charge >= 0.3 is 0 Å². The lowest BCUT2D eigenvalue weighted by molar-refractivity contribution is -0.126. The molecular weight excluding hydrogens is 428 g/mol. The first kappa shape index (κ1) is 23.8. The van der Waals surface area contributed by atoms with E-state index in [1.54, 1.807) is 0 Å². The van der Waals surface area contributed by atoms with Crippen LogP contribution in [-0.4, -0.2) is 63.4 Å². The van der Waals surface area contributed by atoms with E-state index in [0.717, 1.165) is 55.5 Å². The van der Waals surface area contributed by atoms with Crippen molar-refractivity contribution in [1.82, 2.24) is 30.8 Å². The van der Waals surface area contributed by atoms with E-state index in [0.29, 0.717) is 17.8 Å². The minimum Gasteiger partial charge on any atom is -0.346 e. The molecule has 0 bridgehead atoms. The molecule has 2 heterocycles. The molecule has 1 aliphatic rings. The molecular formula is C26H32N6O2. The molecule has 4 rings (SSSR count). The van der Waals surface area contributed by atoms with E-state index in [-0.39, 0.29) is 17.6 Å². The van der Waals surface area contributed by atoms with Crippen molar-refractivity contribution in [2.24, 2.45) is 5.92 Å². The Bertz CT molecular complexity index is 1090. The largest absolute Gasteiger partial charge is 0.346 e. The number of hydrogen-bond donors (Lipinski definition) is 2. The Hall–Kier alpha value is -3.39. The molecule has 0 aliphatic carbocycles. The van der Waals surface area contributed by atoms with Crippen LogP contribution in [0, 0.1) is 5.92 Å². The average molecular weight is 461 g/mol. The Balaban J connectivity index is 1.50. The Morgan fingerprint density at radius 2 is 1.79 bits per heavy atom. The number of Topliss-reactive ketones (excluding diaryl/α,β-unsaturated/α-hetero) is 1. The van der Waals surface area contributed by atoms with Gasteiger partial charge in [-0.3, -0.25) is 9.59 Å². The fourth-order valence-electron chi connectivity index (χ4n) is 4.46. The van der Waals surface area contributed by atoms with Crippen molar-refractivity contribution in [3.8, 4) is 22.5 Å². The van der Waals surface area contributed by atoms with Gasteiger partial charge in [0, 0.05) is 17.0 Å². The first-order chi connectivity index (χ1) is 16.6. The molecule has 8 nitrogen and oxygen atoms in total. The highest BCUT2D eigenvalue weighted by atomic mass is 16.2. The maximum atomic E-state index is 13.4. The molecule has 1 saturated heterocycles. The van der Waals surface area contributed by atoms with Crippen molar-refractivity contribution in [3.63, 3.8) is 0 Å². The number of nitrogens with one attached hydrogen (secondary N) is 2. The van der Waals surface area contributed by atoms with E-state index in [4.69, 9.17) is 0 Å². The molecule has 1 amide bonds. The molecule has 1 fully saturated rings. The van der Waals surface area contributed by atoms with Gasteiger partial charge < -0.3 is 10.2 Å². The second-order valence-electron chi connectivity index (χ2n) is 9.00. The van der Waals surface area contributed by atoms with Crippen LogP contribution in [0.4, 0.5) is 0 Å². The normalized spacial score (nSPS) is 15.7. The predicted octanol–water partition coefficient (Wildman–Crippen LogP) is 3.73. The zero-order chi connectivity index (χ0) is 23.9. The summed E-state index contributed by atoms with van der Waals surface area (Å²) in [7, 11) is 2.08. The number of benzene rings is 2. The quantitative estimate of drug-likeness (QED) is 0.472. The van der Waals surface area contributed by atoms with Gasteiger partial charge in [0.1, 0.15) is 0 Å². The molecule has 0 spiro atoms. The fraction of sp³-hybridized carbons (Fsp3) is 0.423. The fourth-order valence-corrected chi connectivity index (χ4v) is 4.46. The van der Waals surface area contributed by atoms with E-state index in [1.807, 2.05) is 48.5 Å². The molecule has 0 saturated carbocycles. The SMILES string of the molecule is CCCCC(NC(=O)C1CCN(C)CC1)C(=O)c1ccc(-c2ccccc2-c2nn[nH]n2)cc1. The number of likely N-dealkylation sites (tertiary alicyclic amines) is 1. The molecule has 34 heavy (non-hydrogen) atoms. The maximum Gasteiger partial charge on any atom is 0.223 e. The van der Waals surface area contributed by atoms with Crippen molar-refractivity contribution in [1.29, 1.82) is 0 Å². The van der Waals surface area contributed by atoms with Gasteiger partial charge in [-0.25, -0.2) is 0 Å². The summed E-state index contributed by atoms with van der Waals surface area (Å²) in [5.74, 6) is 0.477. The molecule has 1 aliphatic heterocycles. The molecule has 0 radical (unpaired) electrons. The number of hydrogen-bond acceptors (Lipinski definition) is 6. The number of unbranched alkanes of at least 4 members (excludes halogenated alkanes) is 1. The van der Waals surface area contributed by atoms with Gasteiger partial charge in [0.25, 0.3) is 0 Å². The summed E-state index contributed by atoms with van der Waals surface area (Å²) in [4.78, 5) is 28.5. The van der Waals surface area contributed by atoms with Crippen LogP contribution < -0.4 is 5.32 Å². The number of piperidine rings is 1. The molecule has 1 unspecified atom stereocenters. The molecule has 1 aromatic heterocycles. The lowest BCUT2D eigenvalue weighted by Gasteiger charge is -2.29. The summed E-state index contributed by atoms with van der Waals surface area (Å²) >= 11 is 0. The molecule has 3 aromatic rings. The van der Waals surface area contributed by atoms with E-state index >= 15 is 0 Å². The summed E-state index contributed by atoms with van der Waals surface area (Å²) in [5.41, 5.74) is 3.38. The second kappa shape index (κ2) is 11.2. The third-order valence-electron chi connectivity index (χ3n) is 6.56. The highest BCUT2D eigenvalue weighted by Crippen LogP contribution is 2.30. The van der Waals surface area contributed by atoms with E-state index in [1.165, 1.54) is 0 Å². The van der Waals surface area contributed by atoms with E-state index in [2.05, 4.69) is 44.8 Å². The standard InChI is InChI=1S/C26H32N6O2/c1-3-4-9-23(27-26(34)20-14-16-32(2)17-15-20)24(33)19-12-10-18(11-13-19)21-7-5-6-8-22(21)25-28-30-31-29-25/h5-8,10-13,20,23H,3-4,9,14-17H2,1-2H3,(H,27,34)(H,28,29,30,31). The summed E-state index contributed by atoms with van der Waals surface area (Å²) in [6, 6.07) is 14.9. The number of carbonyl (C=O) groups excluding carboxylic acids is 2. The predicted molar refractivity (Wildman–Crippen MR) is 131 cm³/mol. The number of carbonyl (C=O) groups is 2. The lowest BCUT2D eigenvalue weighted by atomic mass is 9.93. The number of nitrogens with zero attached hydrogens (tertiary/aromatic N) is 4. The number of aromatic amines is 1. The number of tetrazole rings is 1. The second-order valence-corrected chi connectivity index (χ2v) is 9.00. The first-order valence-corrected chi connectivity index (χ1v) is 12.0. The Morgan fingerprint density at radius 3 is 2.44 bits per heavy atom. The van der Waals surface area contributed by atoms with Crippen LogP contribution in [0.25, 0.3) is 22.5 Å². The molecule has 8 heteroatoms. The van der Waals surface area contributed by atoms with Crippen LogP contribution in [0.2, 0.25) is 0 Å². The summed E-state index contributed by atoms with van der Waals surface area (Å²) in [6.07, 6.45) is 4.19. The first-order valence-electron chi connectivity index (χ1n) is 12.0. The monoisotopic (exact) mass is 460 g/mol. The maximum absolute atomic E-state index is 13.4. The topological polar surface area (TPSA) is 104 Å². The van der Waals surface area contributed by atoms with Gasteiger partial charge in [-0.2, -0.15) is 5.21 Å². The summed E-state index contributed by atoms with van der Waals surface area (Å²) in [5, 5.41) is 17.4. The van der Waals surface area contributed by atoms with Gasteiger partial charge in [-0.05, 0) is 55.7 Å². The van der Waals surface area contributed by atoms with Crippen LogP contribution in [-0.2, 0) is 4.79 Å². The zero-order valence-corrected chi connectivity index (χ0v) is 19.8. The van der Waals surface area contributed by atoms with Crippen LogP contribution >= 0.6 is 0 Å². The summed E-state index contributed by atoms with van der Waals surface area (Å²) < 4.78 is 0. The average Bonchev–Trinajstić information content (AvgIpc) is 3.41. The Labute approximate surface area is 200 Å². The van der Waals surface area contributed by atoms with Crippen molar-refractivity contribution in [2.45, 2.75) is 45.1 Å². The highest BCUT2D eigenvalue weighted by Gasteiger charge is 2.28. The molecule has 2 N–H and O–H groups in total. The van der Waals surface area contributed by atoms with Crippen LogP contribution in [0.5, 0.6) is 0 Å². The van der Waals surface area contributed by atoms with Gasteiger partial charge in [0.05, 0.1) is 6.04 Å². The van der Waals surface area contributed by atoms with Crippen LogP contribution in [0.3, 0.4) is 0 Å². The zero-order valence-electron chi connectivity index (χ0n) is 19.8. The van der Waals surface area contributed by atoms with E-state index < -0.39 is 6.04 Å². The van der Waals surface area contributed by atoms with Gasteiger partial charge in [0.15, 0.2) is 5.78 Å². The number of amides is 1. The molecule has 178 valence electrons. The lowest BCUT2D eigenvalue weighted by Crippen LogP contribution is -2.46. The van der Waals surface area contributed by atoms with Crippen LogP contribution in [0.1, 0.15) is 49.4 Å². The number of rotatable bonds is 9. The van der Waals surface area contributed by atoms with Crippen molar-refractivity contribution < 1.29 is 9.59 Å². The summed E-state index contributed by atoms with van der Waals surface area (Å²) in [6.45, 7) is 3.92. The van der Waals surface area contributed by atoms with Crippen LogP contribution in [0.15, 0.2) is 48.5 Å². The Morgan fingerprint density at radius 1 is 1.09 bits per heavy atom. The van der Waals surface area contributed by atoms with Gasteiger partial charge in [-0.15, -0.1) is 10.2 Å². The highest BCUT2D eigenvalue weighted by molar-refractivity contribution is 6.02. The van der Waals surface area contributed by atoms with Gasteiger partial charge in [-0.1, -0.05) is 68.3 Å². The molecule has 1 atom stereocenters. The van der Waals surface area contributed by atoms with E-state index in [9.17, 15) is 9.59 Å². The smallest absolute Gasteiger partial charge is 0.223 e. The number of H-pyrrole nitrogens is 1. The van der Waals surface area contributed by atoms with Crippen molar-refractivity contribution in [2.75, 3.05) is 20.1 Å². The van der Waals surface area contributed by atoms with Crippen molar-refractivity contribution in [3.05, 3.63) is 54.1 Å². The minimum absolute atomic E-state index is 0.00760. The van der Waals surface area contributed by atoms with Gasteiger partial charge in [0.2, 0.25) is 11.7 Å². The number of ketones is 1. The third-order valence-corrected chi connectivity index (χ3v) is 6.56. The third kappa shape index (κ3) is 5.56. The molecule has 2 aromatic carbocycles. The van der Waals surface area contributed by atoms with Crippen molar-refractivity contribution >= 4 is 11.7 Å². The Kier molecular flexibility index (Phi) is 7.80. The number of aromatic nitrogens is 4.